The highest BCUT2D eigenvalue weighted by Crippen LogP contribution is 2.31. The zero-order chi connectivity index (χ0) is 14.9. The largest absolute Gasteiger partial charge is 0.387 e. The first-order valence-corrected chi connectivity index (χ1v) is 7.29. The Kier molecular flexibility index (Phi) is 4.45. The molecule has 4 nitrogen and oxygen atoms in total. The number of aryl methyl sites for hydroxylation is 1. The summed E-state index contributed by atoms with van der Waals surface area (Å²) in [5, 5.41) is 10.1. The van der Waals surface area contributed by atoms with E-state index in [1.165, 1.54) is 0 Å². The number of nitrogens with zero attached hydrogens (tertiary/aromatic N) is 1. The maximum atomic E-state index is 12.2. The molecule has 0 saturated heterocycles. The molecule has 2 rings (SSSR count). The summed E-state index contributed by atoms with van der Waals surface area (Å²) in [4.78, 5) is 14.1. The van der Waals surface area contributed by atoms with Gasteiger partial charge in [0.05, 0.1) is 6.10 Å². The lowest BCUT2D eigenvalue weighted by Crippen LogP contribution is -2.38. The van der Waals surface area contributed by atoms with Gasteiger partial charge in [-0.3, -0.25) is 4.79 Å². The molecular formula is C16H24N2O2. The van der Waals surface area contributed by atoms with Crippen LogP contribution in [0.25, 0.3) is 0 Å². The predicted octanol–water partition coefficient (Wildman–Crippen LogP) is 2.00. The molecule has 0 bridgehead atoms. The molecule has 2 atom stereocenters. The van der Waals surface area contributed by atoms with E-state index >= 15 is 0 Å². The second-order valence-corrected chi connectivity index (χ2v) is 5.94. The summed E-state index contributed by atoms with van der Waals surface area (Å²) in [6.45, 7) is 6.41. The smallest absolute Gasteiger partial charge is 0.229 e. The van der Waals surface area contributed by atoms with Gasteiger partial charge in [0.2, 0.25) is 5.91 Å². The fourth-order valence-electron chi connectivity index (χ4n) is 2.65. The van der Waals surface area contributed by atoms with E-state index in [9.17, 15) is 9.90 Å². The van der Waals surface area contributed by atoms with Crippen molar-refractivity contribution in [3.63, 3.8) is 0 Å². The molecule has 0 aliphatic carbocycles. The molecule has 0 radical (unpaired) electrons. The van der Waals surface area contributed by atoms with E-state index in [-0.39, 0.29) is 17.9 Å². The Morgan fingerprint density at radius 1 is 1.35 bits per heavy atom. The van der Waals surface area contributed by atoms with Crippen molar-refractivity contribution in [2.24, 2.45) is 11.7 Å². The van der Waals surface area contributed by atoms with Gasteiger partial charge in [0.25, 0.3) is 0 Å². The number of aliphatic hydroxyl groups excluding tert-OH is 1. The van der Waals surface area contributed by atoms with Crippen LogP contribution in [0.5, 0.6) is 0 Å². The van der Waals surface area contributed by atoms with Crippen LogP contribution in [0.15, 0.2) is 18.2 Å². The number of hydrogen-bond donors (Lipinski definition) is 2. The molecule has 0 aromatic heterocycles. The fraction of sp³-hybridized carbons (Fsp3) is 0.562. The molecule has 4 heteroatoms. The van der Waals surface area contributed by atoms with E-state index in [2.05, 4.69) is 0 Å². The number of benzene rings is 1. The topological polar surface area (TPSA) is 66.6 Å². The zero-order valence-electron chi connectivity index (χ0n) is 12.5. The summed E-state index contributed by atoms with van der Waals surface area (Å²) in [5.41, 5.74) is 8.69. The molecule has 1 aliphatic heterocycles. The van der Waals surface area contributed by atoms with Gasteiger partial charge in [-0.25, -0.2) is 0 Å². The van der Waals surface area contributed by atoms with E-state index in [1.807, 2.05) is 36.9 Å². The Bertz CT molecular complexity index is 497. The second-order valence-electron chi connectivity index (χ2n) is 5.94. The molecule has 3 N–H and O–H groups in total. The molecule has 2 unspecified atom stereocenters. The quantitative estimate of drug-likeness (QED) is 0.887. The Morgan fingerprint density at radius 3 is 2.65 bits per heavy atom. The van der Waals surface area contributed by atoms with Gasteiger partial charge >= 0.3 is 0 Å². The minimum absolute atomic E-state index is 0.00437. The number of nitrogens with two attached hydrogens (primary N) is 1. The molecule has 1 aromatic rings. The van der Waals surface area contributed by atoms with Crippen molar-refractivity contribution in [3.05, 3.63) is 29.3 Å². The molecule has 0 fully saturated rings. The van der Waals surface area contributed by atoms with Crippen LogP contribution in [0, 0.1) is 5.92 Å². The van der Waals surface area contributed by atoms with Crippen LogP contribution in [0.2, 0.25) is 0 Å². The Hall–Kier alpha value is -1.39. The molecule has 1 heterocycles. The Balaban J connectivity index is 2.33. The Labute approximate surface area is 120 Å². The average molecular weight is 276 g/mol. The van der Waals surface area contributed by atoms with Crippen molar-refractivity contribution in [2.75, 3.05) is 11.4 Å². The normalized spacial score (nSPS) is 17.8. The van der Waals surface area contributed by atoms with Gasteiger partial charge in [0, 0.05) is 24.2 Å². The third kappa shape index (κ3) is 2.86. The standard InChI is InChI=1S/C16H24N2O2/c1-10(2)16(20)18-8-4-5-12-9-13(6-7-14(12)18)15(19)11(3)17/h6-7,9-11,15,19H,4-5,8,17H2,1-3H3. The molecular weight excluding hydrogens is 252 g/mol. The van der Waals surface area contributed by atoms with Crippen LogP contribution in [0.4, 0.5) is 5.69 Å². The van der Waals surface area contributed by atoms with Crippen LogP contribution in [0.3, 0.4) is 0 Å². The van der Waals surface area contributed by atoms with Crippen LogP contribution in [0.1, 0.15) is 44.4 Å². The summed E-state index contributed by atoms with van der Waals surface area (Å²) in [6, 6.07) is 5.50. The highest BCUT2D eigenvalue weighted by atomic mass is 16.3. The molecule has 20 heavy (non-hydrogen) atoms. The summed E-state index contributed by atoms with van der Waals surface area (Å²) in [5.74, 6) is 0.154. The van der Waals surface area contributed by atoms with Crippen LogP contribution < -0.4 is 10.6 Å². The van der Waals surface area contributed by atoms with Crippen LogP contribution >= 0.6 is 0 Å². The summed E-state index contributed by atoms with van der Waals surface area (Å²) >= 11 is 0. The van der Waals surface area contributed by atoms with Crippen molar-refractivity contribution in [1.29, 1.82) is 0 Å². The van der Waals surface area contributed by atoms with Gasteiger partial charge in [-0.2, -0.15) is 0 Å². The third-order valence-corrected chi connectivity index (χ3v) is 3.82. The number of hydrogen-bond acceptors (Lipinski definition) is 3. The lowest BCUT2D eigenvalue weighted by atomic mass is 9.95. The lowest BCUT2D eigenvalue weighted by molar-refractivity contribution is -0.121. The second kappa shape index (κ2) is 5.94. The monoisotopic (exact) mass is 276 g/mol. The zero-order valence-corrected chi connectivity index (χ0v) is 12.5. The van der Waals surface area contributed by atoms with E-state index < -0.39 is 6.10 Å². The third-order valence-electron chi connectivity index (χ3n) is 3.82. The first-order valence-electron chi connectivity index (χ1n) is 7.29. The van der Waals surface area contributed by atoms with Crippen LogP contribution in [-0.4, -0.2) is 23.6 Å². The molecule has 110 valence electrons. The van der Waals surface area contributed by atoms with Gasteiger partial charge in [0.1, 0.15) is 0 Å². The number of aliphatic hydroxyl groups is 1. The lowest BCUT2D eigenvalue weighted by Gasteiger charge is -2.31. The van der Waals surface area contributed by atoms with Crippen molar-refractivity contribution >= 4 is 11.6 Å². The predicted molar refractivity (Wildman–Crippen MR) is 80.6 cm³/mol. The minimum Gasteiger partial charge on any atom is -0.387 e. The molecule has 1 aromatic carbocycles. The number of fused-ring (bicyclic) bond motifs is 1. The number of anilines is 1. The van der Waals surface area contributed by atoms with Crippen molar-refractivity contribution in [2.45, 2.75) is 45.8 Å². The SMILES string of the molecule is CC(C)C(=O)N1CCCc2cc(C(O)C(C)N)ccc21. The maximum Gasteiger partial charge on any atom is 0.229 e. The first kappa shape index (κ1) is 15.0. The molecule has 0 saturated carbocycles. The number of carbonyl (C=O) groups excluding carboxylic acids is 1. The highest BCUT2D eigenvalue weighted by Gasteiger charge is 2.25. The molecule has 0 spiro atoms. The minimum atomic E-state index is -0.656. The van der Waals surface area contributed by atoms with E-state index in [0.717, 1.165) is 36.2 Å². The summed E-state index contributed by atoms with van der Waals surface area (Å²) in [7, 11) is 0. The van der Waals surface area contributed by atoms with E-state index in [1.54, 1.807) is 6.92 Å². The molecule has 1 aliphatic rings. The molecule has 1 amide bonds. The number of rotatable bonds is 3. The average Bonchev–Trinajstić information content (AvgIpc) is 2.44. The van der Waals surface area contributed by atoms with Gasteiger partial charge < -0.3 is 15.7 Å². The number of amides is 1. The van der Waals surface area contributed by atoms with E-state index in [0.29, 0.717) is 0 Å². The van der Waals surface area contributed by atoms with Crippen molar-refractivity contribution in [3.8, 4) is 0 Å². The van der Waals surface area contributed by atoms with Crippen molar-refractivity contribution in [1.82, 2.24) is 0 Å². The fourth-order valence-corrected chi connectivity index (χ4v) is 2.65. The van der Waals surface area contributed by atoms with Crippen LogP contribution in [-0.2, 0) is 11.2 Å². The van der Waals surface area contributed by atoms with E-state index in [4.69, 9.17) is 5.73 Å². The van der Waals surface area contributed by atoms with Gasteiger partial charge in [-0.05, 0) is 37.0 Å². The maximum absolute atomic E-state index is 12.2. The first-order chi connectivity index (χ1) is 9.41. The highest BCUT2D eigenvalue weighted by molar-refractivity contribution is 5.95. The Morgan fingerprint density at radius 2 is 2.05 bits per heavy atom. The van der Waals surface area contributed by atoms with Gasteiger partial charge in [-0.15, -0.1) is 0 Å². The number of carbonyl (C=O) groups is 1. The van der Waals surface area contributed by atoms with Gasteiger partial charge in [0.15, 0.2) is 0 Å². The van der Waals surface area contributed by atoms with Crippen molar-refractivity contribution < 1.29 is 9.90 Å². The van der Waals surface area contributed by atoms with Gasteiger partial charge in [-0.1, -0.05) is 26.0 Å². The summed E-state index contributed by atoms with van der Waals surface area (Å²) < 4.78 is 0. The summed E-state index contributed by atoms with van der Waals surface area (Å²) in [6.07, 6.45) is 1.25.